The predicted molar refractivity (Wildman–Crippen MR) is 86.6 cm³/mol. The second kappa shape index (κ2) is 5.58. The molecule has 3 aromatic rings. The lowest BCUT2D eigenvalue weighted by Gasteiger charge is -2.11. The van der Waals surface area contributed by atoms with Gasteiger partial charge in [-0.2, -0.15) is 0 Å². The number of nitrogens with zero attached hydrogens (tertiary/aromatic N) is 1. The van der Waals surface area contributed by atoms with Crippen molar-refractivity contribution in [3.63, 3.8) is 0 Å². The maximum atomic E-state index is 5.94. The van der Waals surface area contributed by atoms with Crippen LogP contribution >= 0.6 is 27.5 Å². The van der Waals surface area contributed by atoms with E-state index in [1.54, 1.807) is 18.2 Å². The zero-order valence-electron chi connectivity index (χ0n) is 11.1. The van der Waals surface area contributed by atoms with Crippen molar-refractivity contribution in [3.05, 3.63) is 51.8 Å². The number of halogens is 2. The Morgan fingerprint density at radius 1 is 1.33 bits per heavy atom. The number of fused-ring (bicyclic) bond motifs is 1. The predicted octanol–water partition coefficient (Wildman–Crippen LogP) is 4.97. The van der Waals surface area contributed by atoms with Crippen molar-refractivity contribution in [1.82, 2.24) is 4.98 Å². The maximum absolute atomic E-state index is 5.94. The molecule has 0 aliphatic heterocycles. The lowest BCUT2D eigenvalue weighted by molar-refractivity contribution is 0.192. The minimum Gasteiger partial charge on any atom is -0.481 e. The number of oxazole rings is 1. The Hall–Kier alpha value is -1.72. The van der Waals surface area contributed by atoms with E-state index < -0.39 is 0 Å². The van der Waals surface area contributed by atoms with Gasteiger partial charge in [0.1, 0.15) is 11.3 Å². The summed E-state index contributed by atoms with van der Waals surface area (Å²) in [7, 11) is 0. The highest BCUT2D eigenvalue weighted by Gasteiger charge is 2.17. The highest BCUT2D eigenvalue weighted by molar-refractivity contribution is 9.10. The van der Waals surface area contributed by atoms with E-state index in [1.165, 1.54) is 0 Å². The Balaban J connectivity index is 1.91. The number of rotatable bonds is 3. The maximum Gasteiger partial charge on any atom is 0.236 e. The van der Waals surface area contributed by atoms with Gasteiger partial charge in [0.05, 0.1) is 5.69 Å². The number of anilines is 1. The number of hydrogen-bond donors (Lipinski definition) is 1. The van der Waals surface area contributed by atoms with Gasteiger partial charge in [-0.3, -0.25) is 0 Å². The van der Waals surface area contributed by atoms with Crippen LogP contribution in [-0.4, -0.2) is 4.98 Å². The molecule has 21 heavy (non-hydrogen) atoms. The van der Waals surface area contributed by atoms with Crippen LogP contribution in [0.5, 0.6) is 5.75 Å². The molecule has 1 heterocycles. The van der Waals surface area contributed by atoms with Crippen molar-refractivity contribution in [2.24, 2.45) is 0 Å². The van der Waals surface area contributed by atoms with Gasteiger partial charge in [0.2, 0.25) is 5.89 Å². The van der Waals surface area contributed by atoms with Gasteiger partial charge < -0.3 is 14.9 Å². The van der Waals surface area contributed by atoms with Crippen molar-refractivity contribution < 1.29 is 9.15 Å². The van der Waals surface area contributed by atoms with Crippen molar-refractivity contribution in [3.8, 4) is 5.75 Å². The molecule has 2 aromatic carbocycles. The monoisotopic (exact) mass is 366 g/mol. The Morgan fingerprint density at radius 3 is 2.90 bits per heavy atom. The molecular weight excluding hydrogens is 356 g/mol. The number of nitrogens with two attached hydrogens (primary N) is 1. The first-order valence-electron chi connectivity index (χ1n) is 6.30. The van der Waals surface area contributed by atoms with Gasteiger partial charge in [-0.15, -0.1) is 0 Å². The summed E-state index contributed by atoms with van der Waals surface area (Å²) in [5.41, 5.74) is 7.71. The SMILES string of the molecule is CC(Oc1cccc(Cl)c1)c1nc2cc(Br)cc(N)c2o1. The van der Waals surface area contributed by atoms with Crippen molar-refractivity contribution in [2.45, 2.75) is 13.0 Å². The normalized spacial score (nSPS) is 12.5. The molecule has 2 N–H and O–H groups in total. The summed E-state index contributed by atoms with van der Waals surface area (Å²) in [6.07, 6.45) is -0.353. The average molecular weight is 368 g/mol. The second-order valence-corrected chi connectivity index (χ2v) is 5.96. The highest BCUT2D eigenvalue weighted by atomic mass is 79.9. The molecule has 1 atom stereocenters. The molecule has 108 valence electrons. The third-order valence-corrected chi connectivity index (χ3v) is 3.65. The molecule has 0 bridgehead atoms. The average Bonchev–Trinajstić information content (AvgIpc) is 2.83. The van der Waals surface area contributed by atoms with E-state index in [0.717, 1.165) is 4.47 Å². The molecule has 6 heteroatoms. The fraction of sp³-hybridized carbons (Fsp3) is 0.133. The summed E-state index contributed by atoms with van der Waals surface area (Å²) in [4.78, 5) is 4.42. The van der Waals surface area contributed by atoms with Crippen LogP contribution in [-0.2, 0) is 0 Å². The molecular formula is C15H12BrClN2O2. The van der Waals surface area contributed by atoms with Crippen LogP contribution in [0.2, 0.25) is 5.02 Å². The minimum absolute atomic E-state index is 0.353. The quantitative estimate of drug-likeness (QED) is 0.664. The third kappa shape index (κ3) is 2.99. The molecule has 0 aliphatic carbocycles. The molecule has 1 unspecified atom stereocenters. The highest BCUT2D eigenvalue weighted by Crippen LogP contribution is 2.30. The Labute approximate surface area is 135 Å². The summed E-state index contributed by atoms with van der Waals surface area (Å²) in [5.74, 6) is 1.13. The number of nitrogen functional groups attached to an aromatic ring is 1. The molecule has 0 aliphatic rings. The zero-order valence-corrected chi connectivity index (χ0v) is 13.5. The molecule has 0 amide bonds. The van der Waals surface area contributed by atoms with E-state index in [2.05, 4.69) is 20.9 Å². The lowest BCUT2D eigenvalue weighted by atomic mass is 10.3. The van der Waals surface area contributed by atoms with E-state index >= 15 is 0 Å². The minimum atomic E-state index is -0.353. The van der Waals surface area contributed by atoms with Gasteiger partial charge in [0, 0.05) is 9.50 Å². The van der Waals surface area contributed by atoms with Crippen molar-refractivity contribution >= 4 is 44.3 Å². The van der Waals surface area contributed by atoms with E-state index in [9.17, 15) is 0 Å². The smallest absolute Gasteiger partial charge is 0.236 e. The van der Waals surface area contributed by atoms with E-state index in [-0.39, 0.29) is 6.10 Å². The lowest BCUT2D eigenvalue weighted by Crippen LogP contribution is -2.03. The number of ether oxygens (including phenoxy) is 1. The van der Waals surface area contributed by atoms with Crippen LogP contribution in [0, 0.1) is 0 Å². The number of hydrogen-bond acceptors (Lipinski definition) is 4. The van der Waals surface area contributed by atoms with Crippen LogP contribution in [0.3, 0.4) is 0 Å². The van der Waals surface area contributed by atoms with Gasteiger partial charge in [-0.25, -0.2) is 4.98 Å². The van der Waals surface area contributed by atoms with Gasteiger partial charge >= 0.3 is 0 Å². The molecule has 0 fully saturated rings. The Bertz CT molecular complexity index is 803. The summed E-state index contributed by atoms with van der Waals surface area (Å²) in [5, 5.41) is 0.616. The van der Waals surface area contributed by atoms with E-state index in [4.69, 9.17) is 26.5 Å². The van der Waals surface area contributed by atoms with Crippen molar-refractivity contribution in [1.29, 1.82) is 0 Å². The summed E-state index contributed by atoms with van der Waals surface area (Å²) >= 11 is 9.32. The van der Waals surface area contributed by atoms with Crippen LogP contribution in [0.1, 0.15) is 18.9 Å². The Morgan fingerprint density at radius 2 is 2.14 bits per heavy atom. The molecule has 4 nitrogen and oxygen atoms in total. The van der Waals surface area contributed by atoms with Crippen LogP contribution in [0.15, 0.2) is 45.3 Å². The van der Waals surface area contributed by atoms with Gasteiger partial charge in [0.15, 0.2) is 11.7 Å². The van der Waals surface area contributed by atoms with Crippen molar-refractivity contribution in [2.75, 3.05) is 5.73 Å². The second-order valence-electron chi connectivity index (χ2n) is 4.61. The van der Waals surface area contributed by atoms with E-state index in [0.29, 0.717) is 33.4 Å². The molecule has 3 rings (SSSR count). The summed E-state index contributed by atoms with van der Waals surface area (Å²) < 4.78 is 12.3. The number of aromatic nitrogens is 1. The topological polar surface area (TPSA) is 61.3 Å². The molecule has 0 spiro atoms. The third-order valence-electron chi connectivity index (χ3n) is 2.96. The van der Waals surface area contributed by atoms with Crippen LogP contribution in [0.25, 0.3) is 11.1 Å². The zero-order chi connectivity index (χ0) is 15.0. The standard InChI is InChI=1S/C15H12BrClN2O2/c1-8(20-11-4-2-3-10(17)7-11)15-19-13-6-9(16)5-12(18)14(13)21-15/h2-8H,18H2,1H3. The summed E-state index contributed by atoms with van der Waals surface area (Å²) in [6.45, 7) is 1.86. The van der Waals surface area contributed by atoms with Gasteiger partial charge in [-0.1, -0.05) is 33.6 Å². The van der Waals surface area contributed by atoms with Crippen LogP contribution < -0.4 is 10.5 Å². The van der Waals surface area contributed by atoms with Gasteiger partial charge in [0.25, 0.3) is 0 Å². The van der Waals surface area contributed by atoms with E-state index in [1.807, 2.05) is 25.1 Å². The first kappa shape index (κ1) is 14.2. The number of benzene rings is 2. The van der Waals surface area contributed by atoms with Gasteiger partial charge in [-0.05, 0) is 37.3 Å². The van der Waals surface area contributed by atoms with Crippen LogP contribution in [0.4, 0.5) is 5.69 Å². The molecule has 1 aromatic heterocycles. The Kier molecular flexibility index (Phi) is 3.78. The fourth-order valence-corrected chi connectivity index (χ4v) is 2.65. The first-order valence-corrected chi connectivity index (χ1v) is 7.47. The molecule has 0 radical (unpaired) electrons. The summed E-state index contributed by atoms with van der Waals surface area (Å²) in [6, 6.07) is 10.8. The molecule has 0 saturated carbocycles. The fourth-order valence-electron chi connectivity index (χ4n) is 2.01. The largest absolute Gasteiger partial charge is 0.481 e. The first-order chi connectivity index (χ1) is 10.0. The molecule has 0 saturated heterocycles.